The molecule has 1 unspecified atom stereocenters. The van der Waals surface area contributed by atoms with Crippen LogP contribution < -0.4 is 5.32 Å². The molecule has 3 heteroatoms. The first-order valence-electron chi connectivity index (χ1n) is 4.73. The van der Waals surface area contributed by atoms with Crippen molar-refractivity contribution in [3.05, 3.63) is 12.7 Å². The fourth-order valence-corrected chi connectivity index (χ4v) is 0.802. The van der Waals surface area contributed by atoms with Crippen molar-refractivity contribution in [1.82, 2.24) is 5.32 Å². The fourth-order valence-electron chi connectivity index (χ4n) is 0.802. The molecule has 0 amide bonds. The highest BCUT2D eigenvalue weighted by atomic mass is 16.5. The van der Waals surface area contributed by atoms with Gasteiger partial charge in [0.15, 0.2) is 0 Å². The molecule has 0 fully saturated rings. The van der Waals surface area contributed by atoms with Crippen LogP contribution in [0.3, 0.4) is 0 Å². The Balaban J connectivity index is 2.95. The van der Waals surface area contributed by atoms with E-state index in [0.717, 1.165) is 32.7 Å². The van der Waals surface area contributed by atoms with Crippen molar-refractivity contribution in [3.63, 3.8) is 0 Å². The minimum absolute atomic E-state index is 0.271. The molecule has 3 nitrogen and oxygen atoms in total. The SMILES string of the molecule is C=CCCOCCNCC(C)OC. The first-order valence-corrected chi connectivity index (χ1v) is 4.73. The van der Waals surface area contributed by atoms with Crippen molar-refractivity contribution in [2.75, 3.05) is 33.4 Å². The Morgan fingerprint density at radius 3 is 2.85 bits per heavy atom. The van der Waals surface area contributed by atoms with E-state index in [1.54, 1.807) is 7.11 Å². The predicted molar refractivity (Wildman–Crippen MR) is 55.0 cm³/mol. The van der Waals surface area contributed by atoms with E-state index in [1.807, 2.05) is 13.0 Å². The van der Waals surface area contributed by atoms with Crippen molar-refractivity contribution in [3.8, 4) is 0 Å². The summed E-state index contributed by atoms with van der Waals surface area (Å²) in [4.78, 5) is 0. The Morgan fingerprint density at radius 1 is 1.46 bits per heavy atom. The lowest BCUT2D eigenvalue weighted by Crippen LogP contribution is -2.28. The van der Waals surface area contributed by atoms with E-state index in [-0.39, 0.29) is 6.10 Å². The lowest BCUT2D eigenvalue weighted by Gasteiger charge is -2.10. The number of hydrogen-bond acceptors (Lipinski definition) is 3. The first-order chi connectivity index (χ1) is 6.31. The Bertz CT molecular complexity index is 117. The van der Waals surface area contributed by atoms with Gasteiger partial charge in [-0.15, -0.1) is 6.58 Å². The quantitative estimate of drug-likeness (QED) is 0.434. The predicted octanol–water partition coefficient (Wildman–Crippen LogP) is 1.20. The highest BCUT2D eigenvalue weighted by Crippen LogP contribution is 1.84. The molecule has 0 rings (SSSR count). The smallest absolute Gasteiger partial charge is 0.0667 e. The molecule has 0 spiro atoms. The van der Waals surface area contributed by atoms with Crippen LogP contribution in [0, 0.1) is 0 Å². The Kier molecular flexibility index (Phi) is 9.42. The number of methoxy groups -OCH3 is 1. The van der Waals surface area contributed by atoms with Crippen LogP contribution in [0.15, 0.2) is 12.7 Å². The third-order valence-corrected chi connectivity index (χ3v) is 1.72. The summed E-state index contributed by atoms with van der Waals surface area (Å²) >= 11 is 0. The monoisotopic (exact) mass is 187 g/mol. The van der Waals surface area contributed by atoms with Crippen molar-refractivity contribution >= 4 is 0 Å². The lowest BCUT2D eigenvalue weighted by atomic mass is 10.4. The molecule has 78 valence electrons. The molecule has 0 saturated carbocycles. The van der Waals surface area contributed by atoms with Crippen molar-refractivity contribution < 1.29 is 9.47 Å². The first kappa shape index (κ1) is 12.6. The van der Waals surface area contributed by atoms with E-state index in [0.29, 0.717) is 0 Å². The zero-order valence-corrected chi connectivity index (χ0v) is 8.71. The molecule has 13 heavy (non-hydrogen) atoms. The summed E-state index contributed by atoms with van der Waals surface area (Å²) in [6.45, 7) is 8.93. The fraction of sp³-hybridized carbons (Fsp3) is 0.800. The van der Waals surface area contributed by atoms with Gasteiger partial charge in [0.2, 0.25) is 0 Å². The molecule has 0 aliphatic heterocycles. The van der Waals surface area contributed by atoms with Gasteiger partial charge in [0, 0.05) is 20.2 Å². The van der Waals surface area contributed by atoms with Gasteiger partial charge in [0.1, 0.15) is 0 Å². The molecule has 0 aliphatic rings. The second-order valence-electron chi connectivity index (χ2n) is 2.94. The van der Waals surface area contributed by atoms with Crippen molar-refractivity contribution in [2.24, 2.45) is 0 Å². The third-order valence-electron chi connectivity index (χ3n) is 1.72. The van der Waals surface area contributed by atoms with E-state index in [1.165, 1.54) is 0 Å². The van der Waals surface area contributed by atoms with Gasteiger partial charge >= 0.3 is 0 Å². The van der Waals surface area contributed by atoms with Crippen LogP contribution in [-0.4, -0.2) is 39.5 Å². The zero-order chi connectivity index (χ0) is 9.94. The Labute approximate surface area is 81.1 Å². The summed E-state index contributed by atoms with van der Waals surface area (Å²) in [6, 6.07) is 0. The molecule has 0 aromatic carbocycles. The standard InChI is InChI=1S/C10H21NO2/c1-4-5-7-13-8-6-11-9-10(2)12-3/h4,10-11H,1,5-9H2,2-3H3. The van der Waals surface area contributed by atoms with E-state index in [4.69, 9.17) is 9.47 Å². The summed E-state index contributed by atoms with van der Waals surface area (Å²) in [5, 5.41) is 3.24. The molecule has 0 saturated heterocycles. The van der Waals surface area contributed by atoms with E-state index in [2.05, 4.69) is 11.9 Å². The zero-order valence-electron chi connectivity index (χ0n) is 8.71. The molecule has 0 aromatic heterocycles. The minimum Gasteiger partial charge on any atom is -0.380 e. The van der Waals surface area contributed by atoms with Crippen LogP contribution >= 0.6 is 0 Å². The number of nitrogens with one attached hydrogen (secondary N) is 1. The normalized spacial score (nSPS) is 12.8. The average molecular weight is 187 g/mol. The number of ether oxygens (including phenoxy) is 2. The summed E-state index contributed by atoms with van der Waals surface area (Å²) < 4.78 is 10.4. The Morgan fingerprint density at radius 2 is 2.23 bits per heavy atom. The number of hydrogen-bond donors (Lipinski definition) is 1. The van der Waals surface area contributed by atoms with Crippen LogP contribution in [0.2, 0.25) is 0 Å². The second-order valence-corrected chi connectivity index (χ2v) is 2.94. The van der Waals surface area contributed by atoms with Gasteiger partial charge in [-0.05, 0) is 13.3 Å². The highest BCUT2D eigenvalue weighted by Gasteiger charge is 1.96. The lowest BCUT2D eigenvalue weighted by molar-refractivity contribution is 0.108. The molecule has 0 radical (unpaired) electrons. The van der Waals surface area contributed by atoms with E-state index < -0.39 is 0 Å². The van der Waals surface area contributed by atoms with Crippen LogP contribution in [0.25, 0.3) is 0 Å². The molecule has 0 bridgehead atoms. The molecule has 1 atom stereocenters. The second kappa shape index (κ2) is 9.71. The third kappa shape index (κ3) is 9.53. The minimum atomic E-state index is 0.271. The van der Waals surface area contributed by atoms with Gasteiger partial charge < -0.3 is 14.8 Å². The van der Waals surface area contributed by atoms with Gasteiger partial charge in [0.05, 0.1) is 19.3 Å². The molecular weight excluding hydrogens is 166 g/mol. The topological polar surface area (TPSA) is 30.5 Å². The molecule has 1 N–H and O–H groups in total. The summed E-state index contributed by atoms with van der Waals surface area (Å²) in [5.41, 5.74) is 0. The van der Waals surface area contributed by atoms with Crippen LogP contribution in [0.4, 0.5) is 0 Å². The summed E-state index contributed by atoms with van der Waals surface area (Å²) in [7, 11) is 1.72. The van der Waals surface area contributed by atoms with Crippen molar-refractivity contribution in [1.29, 1.82) is 0 Å². The maximum atomic E-state index is 5.31. The van der Waals surface area contributed by atoms with Gasteiger partial charge in [0.25, 0.3) is 0 Å². The highest BCUT2D eigenvalue weighted by molar-refractivity contribution is 4.64. The van der Waals surface area contributed by atoms with E-state index >= 15 is 0 Å². The van der Waals surface area contributed by atoms with Crippen LogP contribution in [0.1, 0.15) is 13.3 Å². The average Bonchev–Trinajstić information content (AvgIpc) is 2.16. The molecule has 0 aliphatic carbocycles. The maximum absolute atomic E-state index is 5.31. The number of rotatable bonds is 9. The largest absolute Gasteiger partial charge is 0.380 e. The van der Waals surface area contributed by atoms with E-state index in [9.17, 15) is 0 Å². The van der Waals surface area contributed by atoms with Gasteiger partial charge in [-0.25, -0.2) is 0 Å². The molecular formula is C10H21NO2. The maximum Gasteiger partial charge on any atom is 0.0667 e. The van der Waals surface area contributed by atoms with Gasteiger partial charge in [-0.2, -0.15) is 0 Å². The summed E-state index contributed by atoms with van der Waals surface area (Å²) in [5.74, 6) is 0. The molecule has 0 heterocycles. The van der Waals surface area contributed by atoms with Gasteiger partial charge in [-0.1, -0.05) is 6.08 Å². The van der Waals surface area contributed by atoms with Crippen LogP contribution in [-0.2, 0) is 9.47 Å². The van der Waals surface area contributed by atoms with Crippen LogP contribution in [0.5, 0.6) is 0 Å². The summed E-state index contributed by atoms with van der Waals surface area (Å²) in [6.07, 6.45) is 3.06. The van der Waals surface area contributed by atoms with Crippen molar-refractivity contribution in [2.45, 2.75) is 19.4 Å². The molecule has 0 aromatic rings. The Hall–Kier alpha value is -0.380. The van der Waals surface area contributed by atoms with Gasteiger partial charge in [-0.3, -0.25) is 0 Å².